The average molecular weight is 256 g/mol. The van der Waals surface area contributed by atoms with E-state index in [0.29, 0.717) is 6.54 Å². The summed E-state index contributed by atoms with van der Waals surface area (Å²) in [6, 6.07) is 6.81. The Kier molecular flexibility index (Phi) is 4.49. The van der Waals surface area contributed by atoms with Gasteiger partial charge in [-0.2, -0.15) is 8.78 Å². The maximum absolute atomic E-state index is 12.1. The Balaban J connectivity index is 1.99. The van der Waals surface area contributed by atoms with Gasteiger partial charge in [0, 0.05) is 6.54 Å². The van der Waals surface area contributed by atoms with Crippen LogP contribution in [0.5, 0.6) is 5.75 Å². The molecule has 3 nitrogen and oxygen atoms in total. The summed E-state index contributed by atoms with van der Waals surface area (Å²) < 4.78 is 28.6. The van der Waals surface area contributed by atoms with Gasteiger partial charge in [0.25, 0.3) is 0 Å². The molecule has 0 saturated carbocycles. The van der Waals surface area contributed by atoms with E-state index >= 15 is 0 Å². The van der Waals surface area contributed by atoms with Crippen molar-refractivity contribution in [3.63, 3.8) is 0 Å². The minimum Gasteiger partial charge on any atom is -0.435 e. The second-order valence-corrected chi connectivity index (χ2v) is 4.56. The monoisotopic (exact) mass is 256 g/mol. The van der Waals surface area contributed by atoms with Crippen LogP contribution in [0.2, 0.25) is 0 Å². The van der Waals surface area contributed by atoms with Crippen molar-refractivity contribution in [2.75, 3.05) is 6.54 Å². The molecule has 2 rings (SSSR count). The first kappa shape index (κ1) is 13.2. The van der Waals surface area contributed by atoms with E-state index in [1.165, 1.54) is 6.07 Å². The van der Waals surface area contributed by atoms with Crippen molar-refractivity contribution in [3.05, 3.63) is 29.8 Å². The fourth-order valence-electron chi connectivity index (χ4n) is 2.27. The van der Waals surface area contributed by atoms with Crippen molar-refractivity contribution in [2.24, 2.45) is 5.73 Å². The Morgan fingerprint density at radius 2 is 2.22 bits per heavy atom. The fraction of sp³-hybridized carbons (Fsp3) is 0.538. The first-order chi connectivity index (χ1) is 8.65. The molecule has 100 valence electrons. The third kappa shape index (κ3) is 3.65. The molecule has 0 radical (unpaired) electrons. The third-order valence-corrected chi connectivity index (χ3v) is 3.17. The predicted octanol–water partition coefficient (Wildman–Crippen LogP) is 2.56. The van der Waals surface area contributed by atoms with Gasteiger partial charge >= 0.3 is 6.61 Å². The van der Waals surface area contributed by atoms with Crippen LogP contribution in [0.1, 0.15) is 24.8 Å². The van der Waals surface area contributed by atoms with Crippen molar-refractivity contribution in [1.29, 1.82) is 0 Å². The van der Waals surface area contributed by atoms with Crippen LogP contribution in [-0.4, -0.2) is 24.2 Å². The summed E-state index contributed by atoms with van der Waals surface area (Å²) in [6.45, 7) is -1.14. The topological polar surface area (TPSA) is 38.5 Å². The number of halogens is 2. The Labute approximate surface area is 106 Å². The second kappa shape index (κ2) is 6.11. The van der Waals surface area contributed by atoms with Gasteiger partial charge in [-0.05, 0) is 43.5 Å². The van der Waals surface area contributed by atoms with Crippen molar-refractivity contribution >= 4 is 0 Å². The lowest BCUT2D eigenvalue weighted by atomic mass is 10.1. The molecule has 0 bridgehead atoms. The summed E-state index contributed by atoms with van der Waals surface area (Å²) in [6.07, 6.45) is 3.36. The van der Waals surface area contributed by atoms with Crippen molar-refractivity contribution < 1.29 is 13.5 Å². The van der Waals surface area contributed by atoms with E-state index in [1.807, 2.05) is 6.07 Å². The van der Waals surface area contributed by atoms with Gasteiger partial charge in [-0.15, -0.1) is 0 Å². The molecule has 0 unspecified atom stereocenters. The Bertz CT molecular complexity index is 387. The summed E-state index contributed by atoms with van der Waals surface area (Å²) in [5, 5.41) is 0. The molecule has 1 aliphatic rings. The van der Waals surface area contributed by atoms with E-state index in [2.05, 4.69) is 9.64 Å². The number of rotatable bonds is 4. The third-order valence-electron chi connectivity index (χ3n) is 3.17. The second-order valence-electron chi connectivity index (χ2n) is 4.56. The van der Waals surface area contributed by atoms with Crippen LogP contribution >= 0.6 is 0 Å². The van der Waals surface area contributed by atoms with Crippen LogP contribution < -0.4 is 10.5 Å². The molecule has 0 amide bonds. The van der Waals surface area contributed by atoms with E-state index < -0.39 is 6.61 Å². The van der Waals surface area contributed by atoms with E-state index in [9.17, 15) is 8.78 Å². The van der Waals surface area contributed by atoms with E-state index in [1.54, 1.807) is 12.1 Å². The molecular formula is C13H18F2N2O. The van der Waals surface area contributed by atoms with Crippen LogP contribution in [0.3, 0.4) is 0 Å². The Hall–Kier alpha value is -1.20. The van der Waals surface area contributed by atoms with Crippen LogP contribution in [-0.2, 0) is 6.54 Å². The van der Waals surface area contributed by atoms with Crippen molar-refractivity contribution in [2.45, 2.75) is 38.6 Å². The first-order valence-corrected chi connectivity index (χ1v) is 6.18. The molecule has 1 aliphatic heterocycles. The standard InChI is InChI=1S/C13H18F2N2O/c14-13(15)18-11-5-3-4-10(8-11)9-17-7-2-1-6-12(17)16/h3-5,8,12-13H,1-2,6-7,9,16H2/t12-/m1/s1. The van der Waals surface area contributed by atoms with E-state index in [0.717, 1.165) is 31.4 Å². The first-order valence-electron chi connectivity index (χ1n) is 6.18. The molecular weight excluding hydrogens is 238 g/mol. The lowest BCUT2D eigenvalue weighted by Gasteiger charge is -2.33. The number of nitrogens with two attached hydrogens (primary N) is 1. The molecule has 1 heterocycles. The summed E-state index contributed by atoms with van der Waals surface area (Å²) in [7, 11) is 0. The number of likely N-dealkylation sites (tertiary alicyclic amines) is 1. The summed E-state index contributed by atoms with van der Waals surface area (Å²) in [5.74, 6) is 0.202. The maximum atomic E-state index is 12.1. The highest BCUT2D eigenvalue weighted by Crippen LogP contribution is 2.20. The average Bonchev–Trinajstić information content (AvgIpc) is 2.32. The van der Waals surface area contributed by atoms with Crippen LogP contribution in [0.4, 0.5) is 8.78 Å². The minimum absolute atomic E-state index is 0.0680. The molecule has 2 N–H and O–H groups in total. The number of ether oxygens (including phenoxy) is 1. The quantitative estimate of drug-likeness (QED) is 0.899. The van der Waals surface area contributed by atoms with Gasteiger partial charge in [0.05, 0.1) is 6.17 Å². The van der Waals surface area contributed by atoms with Gasteiger partial charge in [-0.1, -0.05) is 12.1 Å². The van der Waals surface area contributed by atoms with Gasteiger partial charge in [0.2, 0.25) is 0 Å². The fourth-order valence-corrected chi connectivity index (χ4v) is 2.27. The van der Waals surface area contributed by atoms with Gasteiger partial charge in [0.15, 0.2) is 0 Å². The largest absolute Gasteiger partial charge is 0.435 e. The molecule has 1 aromatic rings. The number of alkyl halides is 2. The molecule has 1 fully saturated rings. The molecule has 0 spiro atoms. The highest BCUT2D eigenvalue weighted by molar-refractivity contribution is 5.28. The number of hydrogen-bond donors (Lipinski definition) is 1. The molecule has 1 atom stereocenters. The number of piperidine rings is 1. The number of benzene rings is 1. The zero-order valence-electron chi connectivity index (χ0n) is 10.2. The predicted molar refractivity (Wildman–Crippen MR) is 65.3 cm³/mol. The highest BCUT2D eigenvalue weighted by Gasteiger charge is 2.18. The molecule has 5 heteroatoms. The minimum atomic E-state index is -2.78. The molecule has 1 aromatic carbocycles. The van der Waals surface area contributed by atoms with Crippen LogP contribution in [0.25, 0.3) is 0 Å². The molecule has 0 aromatic heterocycles. The smallest absolute Gasteiger partial charge is 0.387 e. The Morgan fingerprint density at radius 3 is 2.94 bits per heavy atom. The van der Waals surface area contributed by atoms with E-state index in [-0.39, 0.29) is 11.9 Å². The van der Waals surface area contributed by atoms with Crippen LogP contribution in [0.15, 0.2) is 24.3 Å². The number of hydrogen-bond acceptors (Lipinski definition) is 3. The summed E-state index contributed by atoms with van der Waals surface area (Å²) in [4.78, 5) is 2.17. The van der Waals surface area contributed by atoms with E-state index in [4.69, 9.17) is 5.73 Å². The number of nitrogens with zero attached hydrogens (tertiary/aromatic N) is 1. The van der Waals surface area contributed by atoms with Crippen LogP contribution in [0, 0.1) is 0 Å². The molecule has 0 aliphatic carbocycles. The zero-order chi connectivity index (χ0) is 13.0. The zero-order valence-corrected chi connectivity index (χ0v) is 10.2. The SMILES string of the molecule is N[C@H]1CCCCN1Cc1cccc(OC(F)F)c1. The van der Waals surface area contributed by atoms with Crippen molar-refractivity contribution in [3.8, 4) is 5.75 Å². The molecule has 1 saturated heterocycles. The van der Waals surface area contributed by atoms with Crippen molar-refractivity contribution in [1.82, 2.24) is 4.90 Å². The summed E-state index contributed by atoms with van der Waals surface area (Å²) >= 11 is 0. The van der Waals surface area contributed by atoms with Gasteiger partial charge in [-0.3, -0.25) is 4.90 Å². The molecule has 18 heavy (non-hydrogen) atoms. The van der Waals surface area contributed by atoms with Gasteiger partial charge < -0.3 is 10.5 Å². The van der Waals surface area contributed by atoms with Gasteiger partial charge in [0.1, 0.15) is 5.75 Å². The lowest BCUT2D eigenvalue weighted by Crippen LogP contribution is -2.44. The Morgan fingerprint density at radius 1 is 1.39 bits per heavy atom. The highest BCUT2D eigenvalue weighted by atomic mass is 19.3. The summed E-state index contributed by atoms with van der Waals surface area (Å²) in [5.41, 5.74) is 6.97. The lowest BCUT2D eigenvalue weighted by molar-refractivity contribution is -0.0499. The maximum Gasteiger partial charge on any atom is 0.387 e. The van der Waals surface area contributed by atoms with Gasteiger partial charge in [-0.25, -0.2) is 0 Å². The normalized spacial score (nSPS) is 21.2.